The van der Waals surface area contributed by atoms with Crippen LogP contribution in [-0.2, 0) is 32.3 Å². The molecule has 0 unspecified atom stereocenters. The van der Waals surface area contributed by atoms with Gasteiger partial charge in [0.1, 0.15) is 19.3 Å². The lowest BCUT2D eigenvalue weighted by Gasteiger charge is -2.28. The summed E-state index contributed by atoms with van der Waals surface area (Å²) < 4.78 is 10.6. The third kappa shape index (κ3) is 12.0. The normalized spacial score (nSPS) is 11.2. The number of benzene rings is 2. The molecular formula is C28H39N5O6. The number of hydrogen-bond acceptors (Lipinski definition) is 8. The zero-order chi connectivity index (χ0) is 28.3. The van der Waals surface area contributed by atoms with Crippen LogP contribution in [0.25, 0.3) is 0 Å². The summed E-state index contributed by atoms with van der Waals surface area (Å²) in [5, 5.41) is 2.65. The van der Waals surface area contributed by atoms with Gasteiger partial charge < -0.3 is 20.5 Å². The predicted molar refractivity (Wildman–Crippen MR) is 146 cm³/mol. The number of unbranched alkanes of at least 4 members (excludes halogenated alkanes) is 3. The quantitative estimate of drug-likeness (QED) is 0.109. The highest BCUT2D eigenvalue weighted by Crippen LogP contribution is 2.16. The zero-order valence-corrected chi connectivity index (χ0v) is 22.2. The summed E-state index contributed by atoms with van der Waals surface area (Å²) in [5.41, 5.74) is 9.19. The Balaban J connectivity index is 1.94. The highest BCUT2D eigenvalue weighted by molar-refractivity contribution is 5.97. The van der Waals surface area contributed by atoms with Gasteiger partial charge in [0.25, 0.3) is 5.91 Å². The van der Waals surface area contributed by atoms with Crippen molar-refractivity contribution in [1.82, 2.24) is 15.6 Å². The number of nitrogens with two attached hydrogens (primary N) is 2. The molecule has 4 amide bonds. The fourth-order valence-electron chi connectivity index (χ4n) is 3.81. The fraction of sp³-hybridized carbons (Fsp3) is 0.429. The first-order chi connectivity index (χ1) is 19.0. The number of nitrogens with zero attached hydrogens (tertiary/aromatic N) is 1. The van der Waals surface area contributed by atoms with Gasteiger partial charge in [-0.15, -0.1) is 0 Å². The number of carbonyl (C=O) groups excluding carboxylic acids is 4. The van der Waals surface area contributed by atoms with Gasteiger partial charge in [-0.25, -0.2) is 20.3 Å². The van der Waals surface area contributed by atoms with Gasteiger partial charge in [0.2, 0.25) is 5.91 Å². The number of hydrazine groups is 1. The van der Waals surface area contributed by atoms with Crippen molar-refractivity contribution in [2.45, 2.75) is 64.2 Å². The van der Waals surface area contributed by atoms with Gasteiger partial charge in [0, 0.05) is 13.0 Å². The number of imide groups is 1. The van der Waals surface area contributed by atoms with Crippen LogP contribution < -0.4 is 22.3 Å². The van der Waals surface area contributed by atoms with E-state index in [9.17, 15) is 19.2 Å². The Kier molecular flexibility index (Phi) is 14.7. The van der Waals surface area contributed by atoms with Gasteiger partial charge in [-0.3, -0.25) is 15.0 Å². The maximum Gasteiger partial charge on any atom is 0.417 e. The van der Waals surface area contributed by atoms with E-state index in [0.29, 0.717) is 25.8 Å². The zero-order valence-electron chi connectivity index (χ0n) is 22.2. The van der Waals surface area contributed by atoms with Crippen molar-refractivity contribution in [3.05, 3.63) is 71.8 Å². The number of rotatable bonds is 16. The first-order valence-electron chi connectivity index (χ1n) is 13.1. The molecule has 0 bridgehead atoms. The molecule has 0 saturated heterocycles. The summed E-state index contributed by atoms with van der Waals surface area (Å²) in [7, 11) is 0. The van der Waals surface area contributed by atoms with Gasteiger partial charge in [-0.2, -0.15) is 0 Å². The molecule has 0 radical (unpaired) electrons. The van der Waals surface area contributed by atoms with Crippen LogP contribution in [0.1, 0.15) is 56.1 Å². The molecule has 0 aliphatic rings. The van der Waals surface area contributed by atoms with Crippen LogP contribution in [0.2, 0.25) is 0 Å². The Hall–Kier alpha value is -3.96. The van der Waals surface area contributed by atoms with Crippen molar-refractivity contribution < 1.29 is 28.7 Å². The standard InChI is InChI=1S/C28H39N5O6/c29-18-10-3-8-17-25(34)33(28(37)39-21-23-14-6-2-7-15-23)24(26(35)32-30)16-9-11-19-31-27(36)38-20-22-12-4-1-5-13-22/h1-2,4-7,12-15,24H,3,8-11,16-21,29-30H2,(H,31,36)(H,32,35)/t24-/m0/s1. The Bertz CT molecular complexity index is 1020. The van der Waals surface area contributed by atoms with Gasteiger partial charge in [0.15, 0.2) is 0 Å². The number of carbonyl (C=O) groups is 4. The number of amides is 4. The molecule has 11 heteroatoms. The largest absolute Gasteiger partial charge is 0.445 e. The Morgan fingerprint density at radius 3 is 2.00 bits per heavy atom. The minimum atomic E-state index is -1.16. The van der Waals surface area contributed by atoms with Gasteiger partial charge in [0.05, 0.1) is 0 Å². The third-order valence-corrected chi connectivity index (χ3v) is 5.91. The van der Waals surface area contributed by atoms with Crippen LogP contribution in [-0.4, -0.2) is 48.0 Å². The SMILES string of the molecule is NCCCCCC(=O)N(C(=O)OCc1ccccc1)[C@@H](CCCCNC(=O)OCc1ccccc1)C(=O)NN. The molecule has 0 heterocycles. The van der Waals surface area contributed by atoms with Crippen LogP contribution in [0.4, 0.5) is 9.59 Å². The van der Waals surface area contributed by atoms with E-state index in [-0.39, 0.29) is 32.6 Å². The molecule has 11 nitrogen and oxygen atoms in total. The summed E-state index contributed by atoms with van der Waals surface area (Å²) in [4.78, 5) is 51.6. The second-order valence-corrected chi connectivity index (χ2v) is 8.91. The van der Waals surface area contributed by atoms with E-state index in [2.05, 4.69) is 10.7 Å². The second-order valence-electron chi connectivity index (χ2n) is 8.91. The van der Waals surface area contributed by atoms with Crippen LogP contribution in [0, 0.1) is 0 Å². The van der Waals surface area contributed by atoms with Crippen LogP contribution >= 0.6 is 0 Å². The van der Waals surface area contributed by atoms with Crippen LogP contribution in [0.5, 0.6) is 0 Å². The van der Waals surface area contributed by atoms with E-state index in [0.717, 1.165) is 28.9 Å². The molecule has 2 rings (SSSR count). The van der Waals surface area contributed by atoms with Crippen molar-refractivity contribution in [1.29, 1.82) is 0 Å². The monoisotopic (exact) mass is 541 g/mol. The molecule has 0 saturated carbocycles. The minimum absolute atomic E-state index is 0.0530. The first kappa shape index (κ1) is 31.3. The van der Waals surface area contributed by atoms with Crippen LogP contribution in [0.3, 0.4) is 0 Å². The number of ether oxygens (including phenoxy) is 2. The molecule has 0 aliphatic carbocycles. The van der Waals surface area contributed by atoms with E-state index in [4.69, 9.17) is 21.1 Å². The summed E-state index contributed by atoms with van der Waals surface area (Å²) >= 11 is 0. The molecule has 1 atom stereocenters. The molecule has 2 aromatic rings. The van der Waals surface area contributed by atoms with Crippen molar-refractivity contribution in [3.63, 3.8) is 0 Å². The third-order valence-electron chi connectivity index (χ3n) is 5.91. The number of nitrogens with one attached hydrogen (secondary N) is 2. The number of alkyl carbamates (subject to hydrolysis) is 1. The fourth-order valence-corrected chi connectivity index (χ4v) is 3.81. The Morgan fingerprint density at radius 1 is 0.795 bits per heavy atom. The smallest absolute Gasteiger partial charge is 0.417 e. The highest BCUT2D eigenvalue weighted by Gasteiger charge is 2.35. The van der Waals surface area contributed by atoms with Gasteiger partial charge in [-0.1, -0.05) is 67.1 Å². The molecule has 0 aromatic heterocycles. The lowest BCUT2D eigenvalue weighted by Crippen LogP contribution is -2.53. The summed E-state index contributed by atoms with van der Waals surface area (Å²) in [6, 6.07) is 17.2. The van der Waals surface area contributed by atoms with E-state index in [1.165, 1.54) is 0 Å². The molecule has 0 fully saturated rings. The number of hydrogen-bond donors (Lipinski definition) is 4. The van der Waals surface area contributed by atoms with E-state index in [1.54, 1.807) is 24.3 Å². The van der Waals surface area contributed by atoms with Crippen molar-refractivity contribution in [2.24, 2.45) is 11.6 Å². The minimum Gasteiger partial charge on any atom is -0.445 e. The predicted octanol–water partition coefficient (Wildman–Crippen LogP) is 3.13. The average molecular weight is 542 g/mol. The van der Waals surface area contributed by atoms with Crippen molar-refractivity contribution >= 4 is 24.0 Å². The molecule has 212 valence electrons. The molecular weight excluding hydrogens is 502 g/mol. The Morgan fingerprint density at radius 2 is 1.41 bits per heavy atom. The first-order valence-corrected chi connectivity index (χ1v) is 13.1. The van der Waals surface area contributed by atoms with E-state index < -0.39 is 30.0 Å². The highest BCUT2D eigenvalue weighted by atomic mass is 16.6. The molecule has 6 N–H and O–H groups in total. The second kappa shape index (κ2) is 18.3. The maximum atomic E-state index is 13.1. The van der Waals surface area contributed by atoms with E-state index in [1.807, 2.05) is 36.4 Å². The lowest BCUT2D eigenvalue weighted by atomic mass is 10.1. The van der Waals surface area contributed by atoms with Crippen molar-refractivity contribution in [2.75, 3.05) is 13.1 Å². The van der Waals surface area contributed by atoms with E-state index >= 15 is 0 Å². The maximum absolute atomic E-state index is 13.1. The van der Waals surface area contributed by atoms with Gasteiger partial charge in [-0.05, 0) is 49.8 Å². The molecule has 2 aromatic carbocycles. The molecule has 0 spiro atoms. The summed E-state index contributed by atoms with van der Waals surface area (Å²) in [5.74, 6) is 4.18. The van der Waals surface area contributed by atoms with Gasteiger partial charge >= 0.3 is 12.2 Å². The average Bonchev–Trinajstić information content (AvgIpc) is 2.97. The summed E-state index contributed by atoms with van der Waals surface area (Å²) in [6.07, 6.45) is 1.60. The molecule has 0 aliphatic heterocycles. The molecule has 39 heavy (non-hydrogen) atoms. The summed E-state index contributed by atoms with van der Waals surface area (Å²) in [6.45, 7) is 0.889. The van der Waals surface area contributed by atoms with Crippen LogP contribution in [0.15, 0.2) is 60.7 Å². The Labute approximate surface area is 229 Å². The van der Waals surface area contributed by atoms with Crippen molar-refractivity contribution in [3.8, 4) is 0 Å². The topological polar surface area (TPSA) is 166 Å². The lowest BCUT2D eigenvalue weighted by molar-refractivity contribution is -0.139.